The molecular weight excluding hydrogens is 228 g/mol. The van der Waals surface area contributed by atoms with Gasteiger partial charge in [-0.15, -0.1) is 0 Å². The first-order valence-electron chi connectivity index (χ1n) is 5.42. The number of anilines is 1. The third-order valence-electron chi connectivity index (χ3n) is 2.48. The molecular formula is C13H12N4O. The molecule has 1 amide bonds. The summed E-state index contributed by atoms with van der Waals surface area (Å²) in [5.74, 6) is -0.275. The Labute approximate surface area is 105 Å². The minimum Gasteiger partial charge on any atom is -0.321 e. The molecule has 1 aromatic heterocycles. The van der Waals surface area contributed by atoms with Gasteiger partial charge >= 0.3 is 0 Å². The Bertz CT molecular complexity index is 637. The van der Waals surface area contributed by atoms with Crippen molar-refractivity contribution in [3.05, 3.63) is 47.3 Å². The number of nitrogens with one attached hydrogen (secondary N) is 1. The van der Waals surface area contributed by atoms with E-state index in [0.29, 0.717) is 16.9 Å². The molecule has 0 aliphatic heterocycles. The largest absolute Gasteiger partial charge is 0.321 e. The van der Waals surface area contributed by atoms with E-state index >= 15 is 0 Å². The van der Waals surface area contributed by atoms with E-state index < -0.39 is 0 Å². The van der Waals surface area contributed by atoms with Crippen molar-refractivity contribution in [2.45, 2.75) is 6.92 Å². The molecule has 5 nitrogen and oxygen atoms in total. The van der Waals surface area contributed by atoms with Crippen LogP contribution in [0.3, 0.4) is 0 Å². The van der Waals surface area contributed by atoms with Crippen LogP contribution in [-0.4, -0.2) is 15.7 Å². The fourth-order valence-corrected chi connectivity index (χ4v) is 1.69. The minimum absolute atomic E-state index is 0.275. The van der Waals surface area contributed by atoms with Gasteiger partial charge in [0, 0.05) is 24.5 Å². The van der Waals surface area contributed by atoms with Crippen LogP contribution in [0.5, 0.6) is 0 Å². The van der Waals surface area contributed by atoms with Crippen LogP contribution in [0.4, 0.5) is 5.69 Å². The number of carbonyl (C=O) groups excluding carboxylic acids is 1. The summed E-state index contributed by atoms with van der Waals surface area (Å²) in [7, 11) is 1.76. The number of hydrogen-bond acceptors (Lipinski definition) is 3. The summed E-state index contributed by atoms with van der Waals surface area (Å²) in [6.07, 6.45) is 1.78. The highest BCUT2D eigenvalue weighted by atomic mass is 16.1. The molecule has 0 aliphatic rings. The Balaban J connectivity index is 2.21. The molecule has 0 aliphatic carbocycles. The van der Waals surface area contributed by atoms with Crippen LogP contribution in [0.25, 0.3) is 0 Å². The molecule has 18 heavy (non-hydrogen) atoms. The quantitative estimate of drug-likeness (QED) is 0.870. The predicted molar refractivity (Wildman–Crippen MR) is 67.1 cm³/mol. The Morgan fingerprint density at radius 2 is 2.28 bits per heavy atom. The number of amides is 1. The van der Waals surface area contributed by atoms with E-state index in [-0.39, 0.29) is 5.91 Å². The highest BCUT2D eigenvalue weighted by molar-refractivity contribution is 6.03. The molecule has 1 heterocycles. The third-order valence-corrected chi connectivity index (χ3v) is 2.48. The van der Waals surface area contributed by atoms with Crippen LogP contribution in [0, 0.1) is 18.3 Å². The zero-order valence-electron chi connectivity index (χ0n) is 10.1. The molecule has 1 N–H and O–H groups in total. The first-order valence-corrected chi connectivity index (χ1v) is 5.42. The number of hydrogen-bond donors (Lipinski definition) is 1. The van der Waals surface area contributed by atoms with E-state index in [1.165, 1.54) is 0 Å². The van der Waals surface area contributed by atoms with E-state index in [1.807, 2.05) is 13.0 Å². The van der Waals surface area contributed by atoms with Crippen molar-refractivity contribution in [2.24, 2.45) is 7.05 Å². The second kappa shape index (κ2) is 4.72. The number of benzene rings is 1. The van der Waals surface area contributed by atoms with Gasteiger partial charge in [0.1, 0.15) is 0 Å². The van der Waals surface area contributed by atoms with Crippen molar-refractivity contribution in [1.82, 2.24) is 9.78 Å². The van der Waals surface area contributed by atoms with Gasteiger partial charge in [0.25, 0.3) is 5.91 Å². The van der Waals surface area contributed by atoms with E-state index in [1.54, 1.807) is 42.2 Å². The lowest BCUT2D eigenvalue weighted by Crippen LogP contribution is -2.14. The molecule has 0 spiro atoms. The Kier molecular flexibility index (Phi) is 3.11. The highest BCUT2D eigenvalue weighted by Gasteiger charge is 2.13. The summed E-state index contributed by atoms with van der Waals surface area (Å²) in [5.41, 5.74) is 2.29. The van der Waals surface area contributed by atoms with E-state index in [2.05, 4.69) is 10.4 Å². The SMILES string of the molecule is Cc1cn(C)nc1C(=O)Nc1cccc(C#N)c1. The molecule has 0 fully saturated rings. The second-order valence-corrected chi connectivity index (χ2v) is 3.98. The Morgan fingerprint density at radius 1 is 1.50 bits per heavy atom. The smallest absolute Gasteiger partial charge is 0.276 e. The fraction of sp³-hybridized carbons (Fsp3) is 0.154. The maximum absolute atomic E-state index is 12.0. The van der Waals surface area contributed by atoms with E-state index in [9.17, 15) is 4.79 Å². The van der Waals surface area contributed by atoms with Crippen molar-refractivity contribution in [1.29, 1.82) is 5.26 Å². The maximum atomic E-state index is 12.0. The summed E-state index contributed by atoms with van der Waals surface area (Å²) < 4.78 is 1.59. The molecule has 1 aromatic carbocycles. The Morgan fingerprint density at radius 3 is 2.89 bits per heavy atom. The number of rotatable bonds is 2. The molecule has 0 unspecified atom stereocenters. The van der Waals surface area contributed by atoms with Gasteiger partial charge in [0.05, 0.1) is 11.6 Å². The summed E-state index contributed by atoms with van der Waals surface area (Å²) in [4.78, 5) is 12.0. The lowest BCUT2D eigenvalue weighted by Gasteiger charge is -2.03. The molecule has 90 valence electrons. The van der Waals surface area contributed by atoms with Crippen molar-refractivity contribution in [3.63, 3.8) is 0 Å². The number of carbonyl (C=O) groups is 1. The molecule has 0 radical (unpaired) electrons. The van der Waals surface area contributed by atoms with Crippen molar-refractivity contribution < 1.29 is 4.79 Å². The fourth-order valence-electron chi connectivity index (χ4n) is 1.69. The standard InChI is InChI=1S/C13H12N4O/c1-9-8-17(2)16-12(9)13(18)15-11-5-3-4-10(6-11)7-14/h3-6,8H,1-2H3,(H,15,18). The first kappa shape index (κ1) is 11.9. The average molecular weight is 240 g/mol. The van der Waals surface area contributed by atoms with Gasteiger partial charge in [-0.05, 0) is 25.1 Å². The highest BCUT2D eigenvalue weighted by Crippen LogP contribution is 2.12. The van der Waals surface area contributed by atoms with Gasteiger partial charge in [-0.1, -0.05) is 6.07 Å². The van der Waals surface area contributed by atoms with Crippen LogP contribution in [0.2, 0.25) is 0 Å². The van der Waals surface area contributed by atoms with Crippen molar-refractivity contribution >= 4 is 11.6 Å². The van der Waals surface area contributed by atoms with Gasteiger partial charge in [-0.25, -0.2) is 0 Å². The zero-order chi connectivity index (χ0) is 13.1. The van der Waals surface area contributed by atoms with Crippen molar-refractivity contribution in [3.8, 4) is 6.07 Å². The third kappa shape index (κ3) is 2.38. The van der Waals surface area contributed by atoms with Crippen LogP contribution >= 0.6 is 0 Å². The van der Waals surface area contributed by atoms with Crippen LogP contribution in [-0.2, 0) is 7.05 Å². The average Bonchev–Trinajstić information content (AvgIpc) is 2.69. The summed E-state index contributed by atoms with van der Waals surface area (Å²) in [6.45, 7) is 1.83. The minimum atomic E-state index is -0.275. The lowest BCUT2D eigenvalue weighted by atomic mass is 10.2. The van der Waals surface area contributed by atoms with Crippen LogP contribution < -0.4 is 5.32 Å². The van der Waals surface area contributed by atoms with Crippen molar-refractivity contribution in [2.75, 3.05) is 5.32 Å². The first-order chi connectivity index (χ1) is 8.60. The predicted octanol–water partition coefficient (Wildman–Crippen LogP) is 1.85. The van der Waals surface area contributed by atoms with Crippen LogP contribution in [0.15, 0.2) is 30.5 Å². The number of nitriles is 1. The molecule has 0 saturated carbocycles. The second-order valence-electron chi connectivity index (χ2n) is 3.98. The van der Waals surface area contributed by atoms with Gasteiger partial charge in [0.15, 0.2) is 5.69 Å². The number of aryl methyl sites for hydroxylation is 2. The molecule has 5 heteroatoms. The number of nitrogens with zero attached hydrogens (tertiary/aromatic N) is 3. The molecule has 2 rings (SSSR count). The summed E-state index contributed by atoms with van der Waals surface area (Å²) >= 11 is 0. The topological polar surface area (TPSA) is 70.7 Å². The Hall–Kier alpha value is -2.61. The van der Waals surface area contributed by atoms with Gasteiger partial charge < -0.3 is 5.32 Å². The zero-order valence-corrected chi connectivity index (χ0v) is 10.1. The lowest BCUT2D eigenvalue weighted by molar-refractivity contribution is 0.102. The molecule has 2 aromatic rings. The van der Waals surface area contributed by atoms with Gasteiger partial charge in [-0.3, -0.25) is 9.48 Å². The van der Waals surface area contributed by atoms with E-state index in [4.69, 9.17) is 5.26 Å². The molecule has 0 bridgehead atoms. The molecule has 0 atom stereocenters. The van der Waals surface area contributed by atoms with Crippen LogP contribution in [0.1, 0.15) is 21.6 Å². The van der Waals surface area contributed by atoms with Gasteiger partial charge in [0.2, 0.25) is 0 Å². The number of aromatic nitrogens is 2. The molecule has 0 saturated heterocycles. The van der Waals surface area contributed by atoms with Gasteiger partial charge in [-0.2, -0.15) is 10.4 Å². The maximum Gasteiger partial charge on any atom is 0.276 e. The normalized spacial score (nSPS) is 9.83. The van der Waals surface area contributed by atoms with E-state index in [0.717, 1.165) is 5.56 Å². The summed E-state index contributed by atoms with van der Waals surface area (Å²) in [6, 6.07) is 8.78. The summed E-state index contributed by atoms with van der Waals surface area (Å²) in [5, 5.41) is 15.6. The monoisotopic (exact) mass is 240 g/mol.